The van der Waals surface area contributed by atoms with Crippen LogP contribution in [0.25, 0.3) is 6.08 Å². The number of hydrogen-bond acceptors (Lipinski definition) is 4. The zero-order valence-corrected chi connectivity index (χ0v) is 22.4. The van der Waals surface area contributed by atoms with Crippen molar-refractivity contribution < 1.29 is 18.8 Å². The summed E-state index contributed by atoms with van der Waals surface area (Å²) in [5, 5.41) is 0.894. The third-order valence-corrected chi connectivity index (χ3v) is 8.86. The van der Waals surface area contributed by atoms with Crippen LogP contribution in [0.5, 0.6) is 0 Å². The molecule has 1 spiro atoms. The van der Waals surface area contributed by atoms with Crippen LogP contribution in [0.4, 0.5) is 10.1 Å². The van der Waals surface area contributed by atoms with Crippen molar-refractivity contribution >= 4 is 52.3 Å². The summed E-state index contributed by atoms with van der Waals surface area (Å²) in [6, 6.07) is 22.8. The highest BCUT2D eigenvalue weighted by Gasteiger charge is 2.71. The lowest BCUT2D eigenvalue weighted by Crippen LogP contribution is -2.48. The van der Waals surface area contributed by atoms with Gasteiger partial charge in [0.1, 0.15) is 17.3 Å². The molecular formula is C33H20Cl2FNO3. The van der Waals surface area contributed by atoms with Gasteiger partial charge < -0.3 is 4.90 Å². The first-order valence-electron chi connectivity index (χ1n) is 12.8. The van der Waals surface area contributed by atoms with Crippen LogP contribution in [-0.2, 0) is 0 Å². The Kier molecular flexibility index (Phi) is 5.60. The molecule has 2 aliphatic heterocycles. The molecule has 0 N–H and O–H groups in total. The smallest absolute Gasteiger partial charge is 0.185 e. The third-order valence-electron chi connectivity index (χ3n) is 8.37. The van der Waals surface area contributed by atoms with Gasteiger partial charge in [0, 0.05) is 43.9 Å². The van der Waals surface area contributed by atoms with E-state index in [2.05, 4.69) is 0 Å². The van der Waals surface area contributed by atoms with Crippen molar-refractivity contribution in [1.82, 2.24) is 0 Å². The summed E-state index contributed by atoms with van der Waals surface area (Å²) in [5.41, 5.74) is 1.12. The van der Waals surface area contributed by atoms with Gasteiger partial charge in [0.15, 0.2) is 17.3 Å². The number of benzene rings is 4. The minimum atomic E-state index is -1.65. The van der Waals surface area contributed by atoms with Gasteiger partial charge in [-0.3, -0.25) is 14.4 Å². The molecule has 0 bridgehead atoms. The van der Waals surface area contributed by atoms with E-state index in [1.165, 1.54) is 12.1 Å². The van der Waals surface area contributed by atoms with E-state index in [0.29, 0.717) is 43.5 Å². The molecular weight excluding hydrogens is 548 g/mol. The first-order valence-corrected chi connectivity index (χ1v) is 13.6. The molecule has 1 saturated heterocycles. The quantitative estimate of drug-likeness (QED) is 0.190. The van der Waals surface area contributed by atoms with Crippen LogP contribution >= 0.6 is 23.2 Å². The first kappa shape index (κ1) is 24.9. The summed E-state index contributed by atoms with van der Waals surface area (Å²) in [7, 11) is 0. The Bertz CT molecular complexity index is 1750. The standard InChI is InChI=1S/C33H20Cl2FNO3/c34-21-11-8-18(9-12-21)30(38)29-28(20-4-3-5-22(35)16-20)33(31(39)24-6-1-2-7-25(24)32(33)40)27-15-10-19-17-23(36)13-14-26(19)37(27)29/h1-17,27-29H/t27-,28-,29+/m0/s1. The second kappa shape index (κ2) is 8.98. The van der Waals surface area contributed by atoms with Crippen molar-refractivity contribution in [2.24, 2.45) is 5.41 Å². The van der Waals surface area contributed by atoms with Crippen LogP contribution in [0, 0.1) is 11.2 Å². The number of carbonyl (C=O) groups excluding carboxylic acids is 3. The van der Waals surface area contributed by atoms with Crippen molar-refractivity contribution in [3.05, 3.63) is 141 Å². The van der Waals surface area contributed by atoms with Crippen LogP contribution < -0.4 is 4.90 Å². The Morgan fingerprint density at radius 2 is 1.50 bits per heavy atom. The molecule has 3 aliphatic rings. The van der Waals surface area contributed by atoms with Gasteiger partial charge in [-0.2, -0.15) is 0 Å². The zero-order valence-electron chi connectivity index (χ0n) is 20.9. The van der Waals surface area contributed by atoms with E-state index in [1.54, 1.807) is 91.0 Å². The van der Waals surface area contributed by atoms with Gasteiger partial charge >= 0.3 is 0 Å². The summed E-state index contributed by atoms with van der Waals surface area (Å²) in [5.74, 6) is -2.29. The van der Waals surface area contributed by atoms with E-state index >= 15 is 0 Å². The maximum atomic E-state index is 14.6. The average Bonchev–Trinajstić information content (AvgIpc) is 3.39. The van der Waals surface area contributed by atoms with Crippen LogP contribution in [0.2, 0.25) is 10.0 Å². The molecule has 0 unspecified atom stereocenters. The number of ketones is 3. The summed E-state index contributed by atoms with van der Waals surface area (Å²) < 4.78 is 14.3. The zero-order chi connectivity index (χ0) is 27.8. The van der Waals surface area contributed by atoms with E-state index in [9.17, 15) is 18.8 Å². The highest BCUT2D eigenvalue weighted by molar-refractivity contribution is 6.33. The van der Waals surface area contributed by atoms with Crippen LogP contribution in [0.3, 0.4) is 0 Å². The van der Waals surface area contributed by atoms with Crippen molar-refractivity contribution in [1.29, 1.82) is 0 Å². The number of nitrogens with zero attached hydrogens (tertiary/aromatic N) is 1. The Morgan fingerprint density at radius 1 is 0.800 bits per heavy atom. The Labute approximate surface area is 239 Å². The van der Waals surface area contributed by atoms with Crippen LogP contribution in [0.15, 0.2) is 97.1 Å². The molecule has 0 saturated carbocycles. The lowest BCUT2D eigenvalue weighted by Gasteiger charge is -2.37. The lowest BCUT2D eigenvalue weighted by atomic mass is 9.64. The minimum absolute atomic E-state index is 0.286. The summed E-state index contributed by atoms with van der Waals surface area (Å²) >= 11 is 12.6. The highest BCUT2D eigenvalue weighted by atomic mass is 35.5. The van der Waals surface area contributed by atoms with Gasteiger partial charge in [-0.05, 0) is 60.2 Å². The molecule has 4 aromatic carbocycles. The Balaban J connectivity index is 1.55. The number of hydrogen-bond donors (Lipinski definition) is 0. The molecule has 2 heterocycles. The first-order chi connectivity index (χ1) is 19.3. The number of rotatable bonds is 3. The fraction of sp³-hybridized carbons (Fsp3) is 0.121. The van der Waals surface area contributed by atoms with E-state index in [1.807, 2.05) is 4.90 Å². The van der Waals surface area contributed by atoms with Gasteiger partial charge in [-0.1, -0.05) is 71.8 Å². The predicted molar refractivity (Wildman–Crippen MR) is 153 cm³/mol. The molecule has 0 amide bonds. The van der Waals surface area contributed by atoms with Crippen molar-refractivity contribution in [2.75, 3.05) is 4.90 Å². The van der Waals surface area contributed by atoms with E-state index in [4.69, 9.17) is 23.2 Å². The van der Waals surface area contributed by atoms with Crippen LogP contribution in [0.1, 0.15) is 48.1 Å². The predicted octanol–water partition coefficient (Wildman–Crippen LogP) is 7.45. The molecule has 0 aromatic heterocycles. The molecule has 4 nitrogen and oxygen atoms in total. The van der Waals surface area contributed by atoms with E-state index in [-0.39, 0.29) is 17.3 Å². The molecule has 0 radical (unpaired) electrons. The topological polar surface area (TPSA) is 54.5 Å². The number of Topliss-reactive ketones (excluding diaryl/α,β-unsaturated/α-hetero) is 3. The molecule has 196 valence electrons. The summed E-state index contributed by atoms with van der Waals surface area (Å²) in [6.45, 7) is 0. The molecule has 7 rings (SSSR count). The normalized spacial score (nSPS) is 21.9. The van der Waals surface area contributed by atoms with Gasteiger partial charge in [0.05, 0.1) is 6.04 Å². The van der Waals surface area contributed by atoms with Crippen molar-refractivity contribution in [2.45, 2.75) is 18.0 Å². The van der Waals surface area contributed by atoms with Gasteiger partial charge in [-0.25, -0.2) is 4.39 Å². The second-order valence-electron chi connectivity index (χ2n) is 10.3. The fourth-order valence-electron chi connectivity index (χ4n) is 6.81. The minimum Gasteiger partial charge on any atom is -0.352 e. The molecule has 40 heavy (non-hydrogen) atoms. The molecule has 4 aromatic rings. The fourth-order valence-corrected chi connectivity index (χ4v) is 7.13. The molecule has 1 aliphatic carbocycles. The summed E-state index contributed by atoms with van der Waals surface area (Å²) in [4.78, 5) is 45.5. The Hall–Kier alpha value is -4.06. The highest BCUT2D eigenvalue weighted by Crippen LogP contribution is 2.61. The molecule has 7 heteroatoms. The number of carbonyl (C=O) groups is 3. The average molecular weight is 568 g/mol. The monoisotopic (exact) mass is 567 g/mol. The maximum Gasteiger partial charge on any atom is 0.185 e. The number of fused-ring (bicyclic) bond motifs is 5. The number of anilines is 1. The largest absolute Gasteiger partial charge is 0.352 e. The molecule has 1 fully saturated rings. The summed E-state index contributed by atoms with van der Waals surface area (Å²) in [6.07, 6.45) is 3.49. The SMILES string of the molecule is O=C(c1ccc(Cl)cc1)[C@H]1[C@H](c2cccc(Cl)c2)C2(C(=O)c3ccccc3C2=O)[C@@H]2C=Cc3cc(F)ccc3N21. The van der Waals surface area contributed by atoms with Crippen LogP contribution in [-0.4, -0.2) is 29.4 Å². The number of halogens is 3. The second-order valence-corrected chi connectivity index (χ2v) is 11.2. The third kappa shape index (κ3) is 3.34. The van der Waals surface area contributed by atoms with Gasteiger partial charge in [-0.15, -0.1) is 0 Å². The van der Waals surface area contributed by atoms with Crippen molar-refractivity contribution in [3.8, 4) is 0 Å². The maximum absolute atomic E-state index is 14.6. The van der Waals surface area contributed by atoms with Gasteiger partial charge in [0.25, 0.3) is 0 Å². The lowest BCUT2D eigenvalue weighted by molar-refractivity contribution is 0.0666. The van der Waals surface area contributed by atoms with E-state index < -0.39 is 29.2 Å². The molecule has 3 atom stereocenters. The Morgan fingerprint density at radius 3 is 2.17 bits per heavy atom. The van der Waals surface area contributed by atoms with Gasteiger partial charge in [0.2, 0.25) is 0 Å². The van der Waals surface area contributed by atoms with E-state index in [0.717, 1.165) is 0 Å². The van der Waals surface area contributed by atoms with Crippen molar-refractivity contribution in [3.63, 3.8) is 0 Å².